The maximum absolute atomic E-state index is 4.20. The van der Waals surface area contributed by atoms with Crippen LogP contribution in [0.3, 0.4) is 0 Å². The van der Waals surface area contributed by atoms with Gasteiger partial charge in [0.1, 0.15) is 0 Å². The zero-order chi connectivity index (χ0) is 11.9. The van der Waals surface area contributed by atoms with Gasteiger partial charge in [0.25, 0.3) is 0 Å². The smallest absolute Gasteiger partial charge is 0.0724 e. The third-order valence-electron chi connectivity index (χ3n) is 2.11. The van der Waals surface area contributed by atoms with Gasteiger partial charge in [-0.3, -0.25) is 9.97 Å². The van der Waals surface area contributed by atoms with Crippen LogP contribution < -0.4 is 10.6 Å². The molecule has 0 saturated carbocycles. The molecule has 4 heteroatoms. The van der Waals surface area contributed by atoms with E-state index in [0.29, 0.717) is 0 Å². The molecular weight excluding hydrogens is 200 g/mol. The highest BCUT2D eigenvalue weighted by atomic mass is 15.0. The molecule has 90 valence electrons. The highest BCUT2D eigenvalue weighted by Crippen LogP contribution is 1.97. The molecule has 0 aliphatic carbocycles. The quantitative estimate of drug-likeness (QED) is 0.713. The second kappa shape index (κ2) is 6.55. The summed E-state index contributed by atoms with van der Waals surface area (Å²) in [7, 11) is 0. The molecule has 0 aromatic carbocycles. The lowest BCUT2D eigenvalue weighted by Crippen LogP contribution is -2.37. The van der Waals surface area contributed by atoms with Gasteiger partial charge in [0.15, 0.2) is 0 Å². The van der Waals surface area contributed by atoms with E-state index in [0.717, 1.165) is 31.7 Å². The lowest BCUT2D eigenvalue weighted by Gasteiger charge is -2.20. The molecule has 16 heavy (non-hydrogen) atoms. The Morgan fingerprint density at radius 2 is 2.00 bits per heavy atom. The standard InChI is InChI=1S/C12H22N4/c1-12(2,3)16-6-4-5-13-9-11-10-14-7-8-15-11/h7-8,10,13,16H,4-6,9H2,1-3H3. The van der Waals surface area contributed by atoms with Crippen LogP contribution in [0.2, 0.25) is 0 Å². The molecular formula is C12H22N4. The molecule has 1 heterocycles. The molecule has 0 bridgehead atoms. The maximum Gasteiger partial charge on any atom is 0.0724 e. The van der Waals surface area contributed by atoms with Crippen LogP contribution in [-0.2, 0) is 6.54 Å². The molecule has 0 spiro atoms. The average Bonchev–Trinajstić information content (AvgIpc) is 2.23. The zero-order valence-corrected chi connectivity index (χ0v) is 10.5. The summed E-state index contributed by atoms with van der Waals surface area (Å²) in [4.78, 5) is 8.21. The Kier molecular flexibility index (Phi) is 5.35. The van der Waals surface area contributed by atoms with Crippen molar-refractivity contribution >= 4 is 0 Å². The van der Waals surface area contributed by atoms with E-state index in [2.05, 4.69) is 41.4 Å². The van der Waals surface area contributed by atoms with Crippen molar-refractivity contribution in [1.82, 2.24) is 20.6 Å². The van der Waals surface area contributed by atoms with E-state index in [9.17, 15) is 0 Å². The number of aromatic nitrogens is 2. The van der Waals surface area contributed by atoms with Crippen LogP contribution in [0.5, 0.6) is 0 Å². The first-order chi connectivity index (χ1) is 7.58. The van der Waals surface area contributed by atoms with Crippen LogP contribution in [-0.4, -0.2) is 28.6 Å². The van der Waals surface area contributed by atoms with Crippen LogP contribution in [0.1, 0.15) is 32.9 Å². The topological polar surface area (TPSA) is 49.8 Å². The first-order valence-corrected chi connectivity index (χ1v) is 5.78. The molecule has 0 amide bonds. The molecule has 1 aromatic heterocycles. The number of rotatable bonds is 6. The third kappa shape index (κ3) is 6.48. The van der Waals surface area contributed by atoms with Gasteiger partial charge >= 0.3 is 0 Å². The molecule has 0 fully saturated rings. The molecule has 1 rings (SSSR count). The Bertz CT molecular complexity index is 279. The fourth-order valence-corrected chi connectivity index (χ4v) is 1.31. The van der Waals surface area contributed by atoms with Crippen molar-refractivity contribution in [2.75, 3.05) is 13.1 Å². The Morgan fingerprint density at radius 3 is 2.62 bits per heavy atom. The first kappa shape index (κ1) is 13.1. The van der Waals surface area contributed by atoms with Gasteiger partial charge in [0.05, 0.1) is 5.69 Å². The third-order valence-corrected chi connectivity index (χ3v) is 2.11. The minimum Gasteiger partial charge on any atom is -0.312 e. The summed E-state index contributed by atoms with van der Waals surface area (Å²) in [6.45, 7) is 9.37. The largest absolute Gasteiger partial charge is 0.312 e. The Labute approximate surface area is 97.9 Å². The van der Waals surface area contributed by atoms with Crippen molar-refractivity contribution in [3.63, 3.8) is 0 Å². The monoisotopic (exact) mass is 222 g/mol. The van der Waals surface area contributed by atoms with Crippen LogP contribution in [0.15, 0.2) is 18.6 Å². The summed E-state index contributed by atoms with van der Waals surface area (Å²) in [5.74, 6) is 0. The first-order valence-electron chi connectivity index (χ1n) is 5.78. The van der Waals surface area contributed by atoms with Crippen molar-refractivity contribution in [3.8, 4) is 0 Å². The summed E-state index contributed by atoms with van der Waals surface area (Å²) in [6.07, 6.45) is 6.33. The number of nitrogens with zero attached hydrogens (tertiary/aromatic N) is 2. The molecule has 0 aliphatic heterocycles. The number of hydrogen-bond donors (Lipinski definition) is 2. The molecule has 0 saturated heterocycles. The van der Waals surface area contributed by atoms with Crippen molar-refractivity contribution in [1.29, 1.82) is 0 Å². The van der Waals surface area contributed by atoms with Crippen LogP contribution in [0.25, 0.3) is 0 Å². The van der Waals surface area contributed by atoms with Crippen molar-refractivity contribution in [2.24, 2.45) is 0 Å². The molecule has 0 unspecified atom stereocenters. The van der Waals surface area contributed by atoms with E-state index < -0.39 is 0 Å². The normalized spacial score (nSPS) is 11.7. The lowest BCUT2D eigenvalue weighted by atomic mass is 10.1. The van der Waals surface area contributed by atoms with E-state index >= 15 is 0 Å². The Balaban J connectivity index is 2.01. The van der Waals surface area contributed by atoms with Gasteiger partial charge in [-0.05, 0) is 40.3 Å². The second-order valence-corrected chi connectivity index (χ2v) is 4.90. The predicted octanol–water partition coefficient (Wildman–Crippen LogP) is 1.34. The van der Waals surface area contributed by atoms with Crippen molar-refractivity contribution in [2.45, 2.75) is 39.3 Å². The van der Waals surface area contributed by atoms with Gasteiger partial charge in [-0.25, -0.2) is 0 Å². The summed E-state index contributed by atoms with van der Waals surface area (Å²) < 4.78 is 0. The summed E-state index contributed by atoms with van der Waals surface area (Å²) in [6, 6.07) is 0. The van der Waals surface area contributed by atoms with Gasteiger partial charge in [-0.15, -0.1) is 0 Å². The second-order valence-electron chi connectivity index (χ2n) is 4.90. The van der Waals surface area contributed by atoms with Crippen molar-refractivity contribution < 1.29 is 0 Å². The summed E-state index contributed by atoms with van der Waals surface area (Å²) in [5, 5.41) is 6.80. The lowest BCUT2D eigenvalue weighted by molar-refractivity contribution is 0.418. The van der Waals surface area contributed by atoms with E-state index in [-0.39, 0.29) is 5.54 Å². The SMILES string of the molecule is CC(C)(C)NCCCNCc1cnccn1. The minimum absolute atomic E-state index is 0.213. The molecule has 2 N–H and O–H groups in total. The molecule has 1 aromatic rings. The van der Waals surface area contributed by atoms with E-state index in [1.165, 1.54) is 0 Å². The summed E-state index contributed by atoms with van der Waals surface area (Å²) in [5.41, 5.74) is 1.21. The fourth-order valence-electron chi connectivity index (χ4n) is 1.31. The Hall–Kier alpha value is -1.00. The molecule has 0 atom stereocenters. The molecule has 0 radical (unpaired) electrons. The maximum atomic E-state index is 4.20. The van der Waals surface area contributed by atoms with E-state index in [1.54, 1.807) is 18.6 Å². The average molecular weight is 222 g/mol. The highest BCUT2D eigenvalue weighted by molar-refractivity contribution is 4.93. The van der Waals surface area contributed by atoms with Crippen LogP contribution >= 0.6 is 0 Å². The van der Waals surface area contributed by atoms with Crippen LogP contribution in [0, 0.1) is 0 Å². The highest BCUT2D eigenvalue weighted by Gasteiger charge is 2.06. The Morgan fingerprint density at radius 1 is 1.19 bits per heavy atom. The van der Waals surface area contributed by atoms with Crippen LogP contribution in [0.4, 0.5) is 0 Å². The molecule has 4 nitrogen and oxygen atoms in total. The van der Waals surface area contributed by atoms with Gasteiger partial charge in [-0.2, -0.15) is 0 Å². The van der Waals surface area contributed by atoms with E-state index in [1.807, 2.05) is 0 Å². The number of hydrogen-bond acceptors (Lipinski definition) is 4. The fraction of sp³-hybridized carbons (Fsp3) is 0.667. The van der Waals surface area contributed by atoms with E-state index in [4.69, 9.17) is 0 Å². The van der Waals surface area contributed by atoms with Gasteiger partial charge in [0, 0.05) is 30.7 Å². The minimum atomic E-state index is 0.213. The van der Waals surface area contributed by atoms with Gasteiger partial charge in [0.2, 0.25) is 0 Å². The van der Waals surface area contributed by atoms with Gasteiger partial charge in [-0.1, -0.05) is 0 Å². The predicted molar refractivity (Wildman–Crippen MR) is 66.1 cm³/mol. The summed E-state index contributed by atoms with van der Waals surface area (Å²) >= 11 is 0. The molecule has 0 aliphatic rings. The van der Waals surface area contributed by atoms with Gasteiger partial charge < -0.3 is 10.6 Å². The number of nitrogens with one attached hydrogen (secondary N) is 2. The van der Waals surface area contributed by atoms with Crippen molar-refractivity contribution in [3.05, 3.63) is 24.3 Å². The zero-order valence-electron chi connectivity index (χ0n) is 10.5.